The fraction of sp³-hybridized carbons (Fsp3) is 0.222. The Morgan fingerprint density at radius 1 is 0.909 bits per heavy atom. The first-order valence-corrected chi connectivity index (χ1v) is 7.22. The normalized spacial score (nSPS) is 11.3. The summed E-state index contributed by atoms with van der Waals surface area (Å²) in [7, 11) is 1.65. The number of methoxy groups -OCH3 is 1. The van der Waals surface area contributed by atoms with E-state index in [4.69, 9.17) is 4.74 Å². The van der Waals surface area contributed by atoms with Gasteiger partial charge in [0.05, 0.1) is 7.11 Å². The Kier molecular flexibility index (Phi) is 6.18. The molecule has 0 heterocycles. The van der Waals surface area contributed by atoms with Crippen molar-refractivity contribution in [3.05, 3.63) is 59.7 Å². The summed E-state index contributed by atoms with van der Waals surface area (Å²) in [5.74, 6) is 1.07. The quantitative estimate of drug-likeness (QED) is 0.629. The molecule has 0 saturated carbocycles. The Labute approximate surface area is 130 Å². The number of hydrogen-bond donors (Lipinski definition) is 1. The van der Waals surface area contributed by atoms with Crippen molar-refractivity contribution in [3.63, 3.8) is 0 Å². The van der Waals surface area contributed by atoms with Crippen LogP contribution in [-0.2, 0) is 0 Å². The second kappa shape index (κ2) is 8.62. The molecule has 0 fully saturated rings. The summed E-state index contributed by atoms with van der Waals surface area (Å²) in [5, 5.41) is 9.60. The lowest BCUT2D eigenvalue weighted by Crippen LogP contribution is -1.92. The molecular weight excluding hydrogens is 276 g/mol. The maximum absolute atomic E-state index is 9.60. The third-order valence-electron chi connectivity index (χ3n) is 3.11. The highest BCUT2D eigenvalue weighted by molar-refractivity contribution is 5.83. The zero-order valence-electron chi connectivity index (χ0n) is 12.6. The van der Waals surface area contributed by atoms with Gasteiger partial charge in [0, 0.05) is 36.6 Å². The highest BCUT2D eigenvalue weighted by Gasteiger charge is 1.97. The molecule has 0 unspecified atom stereocenters. The van der Waals surface area contributed by atoms with Crippen LogP contribution in [0.25, 0.3) is 0 Å². The number of ether oxygens (including phenoxy) is 1. The lowest BCUT2D eigenvalue weighted by molar-refractivity contribution is 0.414. The van der Waals surface area contributed by atoms with Gasteiger partial charge < -0.3 is 9.84 Å². The zero-order valence-corrected chi connectivity index (χ0v) is 12.6. The smallest absolute Gasteiger partial charge is 0.127 e. The SMILES string of the molecule is COc1ccccc1C=NCCCN=Cc1ccccc1O. The first-order chi connectivity index (χ1) is 10.8. The second-order valence-electron chi connectivity index (χ2n) is 4.72. The topological polar surface area (TPSA) is 54.2 Å². The first-order valence-electron chi connectivity index (χ1n) is 7.22. The van der Waals surface area contributed by atoms with Crippen LogP contribution in [0, 0.1) is 0 Å². The number of phenols is 1. The van der Waals surface area contributed by atoms with Crippen molar-refractivity contribution < 1.29 is 9.84 Å². The average Bonchev–Trinajstić information content (AvgIpc) is 2.56. The van der Waals surface area contributed by atoms with Gasteiger partial charge in [-0.05, 0) is 30.7 Å². The van der Waals surface area contributed by atoms with E-state index in [9.17, 15) is 5.11 Å². The summed E-state index contributed by atoms with van der Waals surface area (Å²) in [6.07, 6.45) is 4.38. The molecule has 0 aromatic heterocycles. The van der Waals surface area contributed by atoms with Crippen molar-refractivity contribution in [1.82, 2.24) is 0 Å². The zero-order chi connectivity index (χ0) is 15.6. The Hall–Kier alpha value is -2.62. The van der Waals surface area contributed by atoms with Gasteiger partial charge in [0.1, 0.15) is 11.5 Å². The van der Waals surface area contributed by atoms with E-state index >= 15 is 0 Å². The molecule has 1 N–H and O–H groups in total. The average molecular weight is 296 g/mol. The van der Waals surface area contributed by atoms with E-state index in [2.05, 4.69) is 9.98 Å². The van der Waals surface area contributed by atoms with Gasteiger partial charge in [-0.1, -0.05) is 24.3 Å². The van der Waals surface area contributed by atoms with Crippen LogP contribution in [0.4, 0.5) is 0 Å². The molecule has 2 rings (SSSR count). The first kappa shape index (κ1) is 15.8. The Bertz CT molecular complexity index is 651. The lowest BCUT2D eigenvalue weighted by atomic mass is 10.2. The second-order valence-corrected chi connectivity index (χ2v) is 4.72. The minimum atomic E-state index is 0.250. The highest BCUT2D eigenvalue weighted by Crippen LogP contribution is 2.14. The summed E-state index contributed by atoms with van der Waals surface area (Å²) in [6, 6.07) is 14.9. The van der Waals surface area contributed by atoms with Crippen LogP contribution >= 0.6 is 0 Å². The third-order valence-corrected chi connectivity index (χ3v) is 3.11. The molecule has 2 aromatic carbocycles. The number of hydrogen-bond acceptors (Lipinski definition) is 4. The molecule has 22 heavy (non-hydrogen) atoms. The Balaban J connectivity index is 1.75. The molecule has 0 amide bonds. The molecular formula is C18H20N2O2. The summed E-state index contributed by atoms with van der Waals surface area (Å²) >= 11 is 0. The van der Waals surface area contributed by atoms with Crippen molar-refractivity contribution in [2.24, 2.45) is 9.98 Å². The van der Waals surface area contributed by atoms with Crippen molar-refractivity contribution in [2.45, 2.75) is 6.42 Å². The maximum atomic E-state index is 9.60. The molecule has 0 bridgehead atoms. The van der Waals surface area contributed by atoms with Crippen molar-refractivity contribution in [2.75, 3.05) is 20.2 Å². The largest absolute Gasteiger partial charge is 0.507 e. The van der Waals surface area contributed by atoms with Gasteiger partial charge in [0.2, 0.25) is 0 Å². The van der Waals surface area contributed by atoms with Gasteiger partial charge in [0.25, 0.3) is 0 Å². The molecule has 4 heteroatoms. The summed E-state index contributed by atoms with van der Waals surface area (Å²) in [5.41, 5.74) is 1.71. The van der Waals surface area contributed by atoms with Crippen LogP contribution in [0.2, 0.25) is 0 Å². The van der Waals surface area contributed by atoms with E-state index in [1.165, 1.54) is 0 Å². The summed E-state index contributed by atoms with van der Waals surface area (Å²) in [6.45, 7) is 1.38. The maximum Gasteiger partial charge on any atom is 0.127 e. The van der Waals surface area contributed by atoms with Crippen LogP contribution in [0.15, 0.2) is 58.5 Å². The number of phenolic OH excluding ortho intramolecular Hbond substituents is 1. The van der Waals surface area contributed by atoms with E-state index in [-0.39, 0.29) is 5.75 Å². The molecule has 0 saturated heterocycles. The van der Waals surface area contributed by atoms with Gasteiger partial charge in [-0.25, -0.2) is 0 Å². The van der Waals surface area contributed by atoms with E-state index in [1.54, 1.807) is 25.5 Å². The Morgan fingerprint density at radius 2 is 1.50 bits per heavy atom. The fourth-order valence-electron chi connectivity index (χ4n) is 1.95. The standard InChI is InChI=1S/C18H20N2O2/c1-22-18-10-5-3-8-16(18)14-20-12-6-11-19-13-15-7-2-4-9-17(15)21/h2-5,7-10,13-14,21H,6,11-12H2,1H3. The lowest BCUT2D eigenvalue weighted by Gasteiger charge is -2.02. The van der Waals surface area contributed by atoms with Crippen molar-refractivity contribution in [3.8, 4) is 11.5 Å². The third kappa shape index (κ3) is 4.74. The van der Waals surface area contributed by atoms with Crippen molar-refractivity contribution in [1.29, 1.82) is 0 Å². The van der Waals surface area contributed by atoms with Gasteiger partial charge in [-0.3, -0.25) is 9.98 Å². The van der Waals surface area contributed by atoms with Gasteiger partial charge in [-0.15, -0.1) is 0 Å². The molecule has 114 valence electrons. The van der Waals surface area contributed by atoms with Crippen LogP contribution in [0.1, 0.15) is 17.5 Å². The predicted octanol–water partition coefficient (Wildman–Crippen LogP) is 3.33. The van der Waals surface area contributed by atoms with Gasteiger partial charge in [-0.2, -0.15) is 0 Å². The van der Waals surface area contributed by atoms with Crippen LogP contribution in [0.3, 0.4) is 0 Å². The minimum absolute atomic E-state index is 0.250. The van der Waals surface area contributed by atoms with Crippen LogP contribution in [0.5, 0.6) is 11.5 Å². The molecule has 0 aliphatic carbocycles. The highest BCUT2D eigenvalue weighted by atomic mass is 16.5. The van der Waals surface area contributed by atoms with E-state index in [0.29, 0.717) is 13.1 Å². The molecule has 4 nitrogen and oxygen atoms in total. The predicted molar refractivity (Wildman–Crippen MR) is 90.6 cm³/mol. The molecule has 0 atom stereocenters. The van der Waals surface area contributed by atoms with Crippen LogP contribution < -0.4 is 4.74 Å². The minimum Gasteiger partial charge on any atom is -0.507 e. The molecule has 0 spiro atoms. The Morgan fingerprint density at radius 3 is 2.18 bits per heavy atom. The van der Waals surface area contributed by atoms with Gasteiger partial charge >= 0.3 is 0 Å². The molecule has 2 aromatic rings. The van der Waals surface area contributed by atoms with Crippen LogP contribution in [-0.4, -0.2) is 37.7 Å². The summed E-state index contributed by atoms with van der Waals surface area (Å²) in [4.78, 5) is 8.68. The molecule has 0 aliphatic heterocycles. The monoisotopic (exact) mass is 296 g/mol. The number of aliphatic imine (C=N–C) groups is 2. The molecule has 0 radical (unpaired) electrons. The van der Waals surface area contributed by atoms with Gasteiger partial charge in [0.15, 0.2) is 0 Å². The molecule has 0 aliphatic rings. The van der Waals surface area contributed by atoms with E-state index in [0.717, 1.165) is 23.3 Å². The van der Waals surface area contributed by atoms with Crippen molar-refractivity contribution >= 4 is 12.4 Å². The number of para-hydroxylation sites is 2. The number of aromatic hydroxyl groups is 1. The number of nitrogens with zero attached hydrogens (tertiary/aromatic N) is 2. The van der Waals surface area contributed by atoms with E-state index in [1.807, 2.05) is 42.6 Å². The summed E-state index contributed by atoms with van der Waals surface area (Å²) < 4.78 is 5.26. The van der Waals surface area contributed by atoms with E-state index < -0.39 is 0 Å². The fourth-order valence-corrected chi connectivity index (χ4v) is 1.95. The number of rotatable bonds is 7. The number of benzene rings is 2.